The molecule has 0 radical (unpaired) electrons. The minimum absolute atomic E-state index is 0.0241. The summed E-state index contributed by atoms with van der Waals surface area (Å²) in [5.74, 6) is -0.0577. The molecule has 2 aliphatic rings. The predicted molar refractivity (Wildman–Crippen MR) is 196 cm³/mol. The second kappa shape index (κ2) is 15.1. The maximum atomic E-state index is 13.2. The molecule has 0 spiro atoms. The Labute approximate surface area is 310 Å². The number of hydrogen-bond donors (Lipinski definition) is 0. The number of nitrogens with zero attached hydrogens (tertiary/aromatic N) is 4. The number of benzene rings is 5. The van der Waals surface area contributed by atoms with E-state index in [0.717, 1.165) is 11.1 Å². The van der Waals surface area contributed by atoms with Crippen LogP contribution in [0, 0.1) is 45.3 Å². The number of rotatable bonds is 10. The first kappa shape index (κ1) is 34.5. The van der Waals surface area contributed by atoms with Crippen molar-refractivity contribution in [1.82, 2.24) is 0 Å². The number of carbonyl (C=O) groups excluding carboxylic acids is 2. The third-order valence-corrected chi connectivity index (χ3v) is 8.98. The van der Waals surface area contributed by atoms with Gasteiger partial charge in [-0.3, -0.25) is 0 Å². The second-order valence-electron chi connectivity index (χ2n) is 11.9. The lowest BCUT2D eigenvalue weighted by Crippen LogP contribution is -2.14. The molecule has 10 heteroatoms. The van der Waals surface area contributed by atoms with Crippen LogP contribution in [0.3, 0.4) is 0 Å². The maximum Gasteiger partial charge on any atom is 0.338 e. The van der Waals surface area contributed by atoms with Crippen molar-refractivity contribution in [3.8, 4) is 58.0 Å². The molecule has 2 aliphatic carbocycles. The van der Waals surface area contributed by atoms with Gasteiger partial charge in [0, 0.05) is 22.3 Å². The maximum absolute atomic E-state index is 13.2. The molecule has 7 rings (SSSR count). The van der Waals surface area contributed by atoms with E-state index in [4.69, 9.17) is 18.9 Å². The van der Waals surface area contributed by atoms with Gasteiger partial charge in [0.25, 0.3) is 0 Å². The van der Waals surface area contributed by atoms with Crippen molar-refractivity contribution in [2.24, 2.45) is 0 Å². The lowest BCUT2D eigenvalue weighted by molar-refractivity contribution is 0.0441. The van der Waals surface area contributed by atoms with Gasteiger partial charge in [-0.2, -0.15) is 21.0 Å². The Hall–Kier alpha value is -7.92. The fraction of sp³-hybridized carbons (Fsp3) is 0.0909. The molecule has 0 amide bonds. The molecule has 10 nitrogen and oxygen atoms in total. The number of ether oxygens (including phenoxy) is 4. The van der Waals surface area contributed by atoms with E-state index in [0.29, 0.717) is 67.2 Å². The summed E-state index contributed by atoms with van der Waals surface area (Å²) < 4.78 is 22.6. The number of hydrogen-bond acceptors (Lipinski definition) is 10. The highest BCUT2D eigenvalue weighted by molar-refractivity contribution is 6.12. The van der Waals surface area contributed by atoms with Crippen LogP contribution in [0.4, 0.5) is 0 Å². The molecular formula is C44H26N4O6. The van der Waals surface area contributed by atoms with Crippen LogP contribution >= 0.6 is 0 Å². The largest absolute Gasteiger partial charge is 0.490 e. The molecule has 5 aromatic rings. The molecule has 54 heavy (non-hydrogen) atoms. The van der Waals surface area contributed by atoms with Crippen LogP contribution in [0.5, 0.6) is 11.5 Å². The molecule has 0 N–H and O–H groups in total. The van der Waals surface area contributed by atoms with Crippen molar-refractivity contribution in [2.45, 2.75) is 0 Å². The van der Waals surface area contributed by atoms with Gasteiger partial charge >= 0.3 is 11.9 Å². The van der Waals surface area contributed by atoms with E-state index in [2.05, 4.69) is 0 Å². The Morgan fingerprint density at radius 2 is 0.778 bits per heavy atom. The highest BCUT2D eigenvalue weighted by atomic mass is 16.6. The summed E-state index contributed by atoms with van der Waals surface area (Å²) in [5, 5.41) is 38.3. The van der Waals surface area contributed by atoms with Gasteiger partial charge in [-0.25, -0.2) is 9.59 Å². The van der Waals surface area contributed by atoms with E-state index in [1.54, 1.807) is 60.7 Å². The first-order valence-corrected chi connectivity index (χ1v) is 16.7. The van der Waals surface area contributed by atoms with Gasteiger partial charge < -0.3 is 18.9 Å². The highest BCUT2D eigenvalue weighted by Gasteiger charge is 2.32. The summed E-state index contributed by atoms with van der Waals surface area (Å²) >= 11 is 0. The van der Waals surface area contributed by atoms with E-state index in [-0.39, 0.29) is 37.6 Å². The molecule has 0 saturated carbocycles. The quantitative estimate of drug-likeness (QED) is 0.0777. The molecule has 0 bridgehead atoms. The van der Waals surface area contributed by atoms with Gasteiger partial charge in [-0.15, -0.1) is 0 Å². The number of carbonyl (C=O) groups is 2. The molecule has 258 valence electrons. The van der Waals surface area contributed by atoms with Crippen LogP contribution in [0.15, 0.2) is 120 Å². The molecule has 0 heterocycles. The number of allylic oxidation sites excluding steroid dienone is 2. The Balaban J connectivity index is 0.913. The van der Waals surface area contributed by atoms with E-state index in [1.807, 2.05) is 72.8 Å². The molecule has 0 fully saturated rings. The Kier molecular flexibility index (Phi) is 9.68. The SMILES string of the molecule is N#CC(C#N)=C1c2ccccc2-c2c(C(=O)OCCOc3ccc(OCCOC(=O)c4cccc5c4-c4ccccc4C5=C(C#N)C#N)cc3)cccc21. The third-order valence-electron chi connectivity index (χ3n) is 8.98. The van der Waals surface area contributed by atoms with Gasteiger partial charge in [-0.1, -0.05) is 72.8 Å². The molecule has 0 aromatic heterocycles. The monoisotopic (exact) mass is 706 g/mol. The lowest BCUT2D eigenvalue weighted by Gasteiger charge is -2.12. The topological polar surface area (TPSA) is 166 Å². The second-order valence-corrected chi connectivity index (χ2v) is 11.9. The van der Waals surface area contributed by atoms with Gasteiger partial charge in [0.2, 0.25) is 0 Å². The molecular weight excluding hydrogens is 681 g/mol. The summed E-state index contributed by atoms with van der Waals surface area (Å²) in [7, 11) is 0. The van der Waals surface area contributed by atoms with Gasteiger partial charge in [-0.05, 0) is 69.8 Å². The van der Waals surface area contributed by atoms with Crippen LogP contribution in [-0.2, 0) is 9.47 Å². The van der Waals surface area contributed by atoms with Crippen molar-refractivity contribution < 1.29 is 28.5 Å². The van der Waals surface area contributed by atoms with Crippen molar-refractivity contribution in [1.29, 1.82) is 21.0 Å². The zero-order valence-electron chi connectivity index (χ0n) is 28.5. The van der Waals surface area contributed by atoms with Gasteiger partial charge in [0.05, 0.1) is 11.1 Å². The van der Waals surface area contributed by atoms with Gasteiger partial charge in [0.1, 0.15) is 73.3 Å². The van der Waals surface area contributed by atoms with Crippen LogP contribution < -0.4 is 9.47 Å². The summed E-state index contributed by atoms with van der Waals surface area (Å²) in [6, 6.07) is 39.6. The van der Waals surface area contributed by atoms with Crippen LogP contribution in [0.1, 0.15) is 43.0 Å². The Morgan fingerprint density at radius 3 is 1.15 bits per heavy atom. The van der Waals surface area contributed by atoms with Crippen molar-refractivity contribution >= 4 is 23.1 Å². The van der Waals surface area contributed by atoms with Crippen molar-refractivity contribution in [3.05, 3.63) is 154 Å². The Morgan fingerprint density at radius 1 is 0.426 bits per heavy atom. The van der Waals surface area contributed by atoms with E-state index >= 15 is 0 Å². The number of nitriles is 4. The van der Waals surface area contributed by atoms with Crippen LogP contribution in [0.25, 0.3) is 33.4 Å². The standard InChI is InChI=1S/C44H26N4O6/c45-23-27(24-46)39-31-7-1-3-9-33(31)41-35(39)11-5-13-37(41)43(49)53-21-19-51-29-15-17-30(18-16-29)52-20-22-54-44(50)38-14-6-12-36-40(28(25-47)26-48)32-8-2-4-10-34(32)42(36)38/h1-18H,19-22H2. The molecule has 0 atom stereocenters. The Bertz CT molecular complexity index is 2380. The van der Waals surface area contributed by atoms with E-state index in [1.165, 1.54) is 0 Å². The molecule has 0 aliphatic heterocycles. The first-order chi connectivity index (χ1) is 26.5. The summed E-state index contributed by atoms with van der Waals surface area (Å²) in [6.07, 6.45) is 0. The zero-order valence-corrected chi connectivity index (χ0v) is 28.5. The summed E-state index contributed by atoms with van der Waals surface area (Å²) in [5.41, 5.74) is 7.03. The lowest BCUT2D eigenvalue weighted by atomic mass is 9.97. The molecule has 0 unspecified atom stereocenters. The minimum atomic E-state index is -0.554. The fourth-order valence-corrected chi connectivity index (χ4v) is 6.76. The molecule has 0 saturated heterocycles. The smallest absolute Gasteiger partial charge is 0.338 e. The van der Waals surface area contributed by atoms with E-state index in [9.17, 15) is 30.6 Å². The fourth-order valence-electron chi connectivity index (χ4n) is 6.76. The number of esters is 2. The van der Waals surface area contributed by atoms with Crippen LogP contribution in [-0.4, -0.2) is 38.4 Å². The molecule has 5 aromatic carbocycles. The number of fused-ring (bicyclic) bond motifs is 6. The van der Waals surface area contributed by atoms with Crippen LogP contribution in [0.2, 0.25) is 0 Å². The average Bonchev–Trinajstić information content (AvgIpc) is 3.73. The summed E-state index contributed by atoms with van der Waals surface area (Å²) in [6.45, 7) is 0.128. The van der Waals surface area contributed by atoms with E-state index < -0.39 is 11.9 Å². The minimum Gasteiger partial charge on any atom is -0.490 e. The van der Waals surface area contributed by atoms with Crippen molar-refractivity contribution in [2.75, 3.05) is 26.4 Å². The van der Waals surface area contributed by atoms with Crippen molar-refractivity contribution in [3.63, 3.8) is 0 Å². The summed E-state index contributed by atoms with van der Waals surface area (Å²) in [4.78, 5) is 26.4. The zero-order chi connectivity index (χ0) is 37.6. The van der Waals surface area contributed by atoms with Gasteiger partial charge in [0.15, 0.2) is 0 Å². The first-order valence-electron chi connectivity index (χ1n) is 16.7. The predicted octanol–water partition coefficient (Wildman–Crippen LogP) is 7.82. The highest BCUT2D eigenvalue weighted by Crippen LogP contribution is 2.48. The average molecular weight is 707 g/mol. The normalized spacial score (nSPS) is 11.3. The third kappa shape index (κ3) is 6.29.